The number of hydrogen-bond donors (Lipinski definition) is 2. The zero-order valence-electron chi connectivity index (χ0n) is 11.6. The quantitative estimate of drug-likeness (QED) is 0.899. The minimum Gasteiger partial charge on any atom is -0.347 e. The summed E-state index contributed by atoms with van der Waals surface area (Å²) in [7, 11) is 0. The molecule has 1 fully saturated rings. The summed E-state index contributed by atoms with van der Waals surface area (Å²) < 4.78 is 14.5. The molecule has 1 aliphatic heterocycles. The van der Waals surface area contributed by atoms with Crippen molar-refractivity contribution >= 4 is 5.91 Å². The van der Waals surface area contributed by atoms with Crippen LogP contribution in [0.15, 0.2) is 36.5 Å². The van der Waals surface area contributed by atoms with Crippen LogP contribution in [0.5, 0.6) is 0 Å². The monoisotopic (exact) mass is 288 g/mol. The Morgan fingerprint density at radius 1 is 1.33 bits per heavy atom. The second-order valence-corrected chi connectivity index (χ2v) is 5.14. The molecule has 1 aromatic heterocycles. The highest BCUT2D eigenvalue weighted by molar-refractivity contribution is 5.92. The van der Waals surface area contributed by atoms with Gasteiger partial charge in [-0.15, -0.1) is 0 Å². The third kappa shape index (κ3) is 3.28. The number of benzene rings is 1. The van der Waals surface area contributed by atoms with Gasteiger partial charge in [0.2, 0.25) is 0 Å². The first-order valence-electron chi connectivity index (χ1n) is 7.05. The van der Waals surface area contributed by atoms with Crippen molar-refractivity contribution in [3.05, 3.63) is 48.0 Å². The second-order valence-electron chi connectivity index (χ2n) is 5.14. The standard InChI is InChI=1S/C15H17FN4O/c16-11-3-5-13(6-4-11)20-9-7-14(19-20)15(21)18-12-2-1-8-17-10-12/h3-7,9,12,17H,1-2,8,10H2,(H,18,21)/t12-/m0/s1. The predicted molar refractivity (Wildman–Crippen MR) is 76.9 cm³/mol. The van der Waals surface area contributed by atoms with Gasteiger partial charge < -0.3 is 10.6 Å². The van der Waals surface area contributed by atoms with Crippen molar-refractivity contribution in [2.24, 2.45) is 0 Å². The molecule has 0 aliphatic carbocycles. The average Bonchev–Trinajstić information content (AvgIpc) is 2.99. The highest BCUT2D eigenvalue weighted by Crippen LogP contribution is 2.09. The molecule has 1 amide bonds. The van der Waals surface area contributed by atoms with Gasteiger partial charge in [0.05, 0.1) is 5.69 Å². The zero-order valence-corrected chi connectivity index (χ0v) is 11.6. The Hall–Kier alpha value is -2.21. The molecule has 1 saturated heterocycles. The highest BCUT2D eigenvalue weighted by atomic mass is 19.1. The number of nitrogens with one attached hydrogen (secondary N) is 2. The molecule has 1 atom stereocenters. The molecule has 0 saturated carbocycles. The van der Waals surface area contributed by atoms with E-state index in [-0.39, 0.29) is 17.8 Å². The van der Waals surface area contributed by atoms with Gasteiger partial charge in [-0.2, -0.15) is 5.10 Å². The second kappa shape index (κ2) is 6.05. The van der Waals surface area contributed by atoms with Crippen molar-refractivity contribution in [3.63, 3.8) is 0 Å². The Kier molecular flexibility index (Phi) is 3.96. The fourth-order valence-corrected chi connectivity index (χ4v) is 2.42. The fraction of sp³-hybridized carbons (Fsp3) is 0.333. The molecule has 1 aromatic carbocycles. The van der Waals surface area contributed by atoms with Crippen molar-refractivity contribution in [1.82, 2.24) is 20.4 Å². The first kappa shape index (κ1) is 13.8. The Balaban J connectivity index is 1.69. The summed E-state index contributed by atoms with van der Waals surface area (Å²) in [6, 6.07) is 7.79. The Bertz CT molecular complexity index is 617. The lowest BCUT2D eigenvalue weighted by Gasteiger charge is -2.23. The number of amides is 1. The fourth-order valence-electron chi connectivity index (χ4n) is 2.42. The smallest absolute Gasteiger partial charge is 0.272 e. The minimum atomic E-state index is -0.298. The van der Waals surface area contributed by atoms with Crippen LogP contribution in [0, 0.1) is 5.82 Å². The molecule has 3 rings (SSSR count). The number of hydrogen-bond acceptors (Lipinski definition) is 3. The SMILES string of the molecule is O=C(N[C@H]1CCCNC1)c1ccn(-c2ccc(F)cc2)n1. The highest BCUT2D eigenvalue weighted by Gasteiger charge is 2.17. The van der Waals surface area contributed by atoms with E-state index in [2.05, 4.69) is 15.7 Å². The molecule has 110 valence electrons. The van der Waals surface area contributed by atoms with Gasteiger partial charge >= 0.3 is 0 Å². The van der Waals surface area contributed by atoms with Crippen LogP contribution in [0.1, 0.15) is 23.3 Å². The van der Waals surface area contributed by atoms with E-state index in [0.29, 0.717) is 5.69 Å². The third-order valence-electron chi connectivity index (χ3n) is 3.54. The van der Waals surface area contributed by atoms with Crippen molar-refractivity contribution in [3.8, 4) is 5.69 Å². The molecule has 6 heteroatoms. The van der Waals surface area contributed by atoms with Crippen LogP contribution in [0.2, 0.25) is 0 Å². The van der Waals surface area contributed by atoms with Crippen molar-refractivity contribution < 1.29 is 9.18 Å². The predicted octanol–water partition coefficient (Wildman–Crippen LogP) is 1.49. The van der Waals surface area contributed by atoms with E-state index in [9.17, 15) is 9.18 Å². The van der Waals surface area contributed by atoms with E-state index in [1.807, 2.05) is 0 Å². The minimum absolute atomic E-state index is 0.155. The summed E-state index contributed by atoms with van der Waals surface area (Å²) >= 11 is 0. The maximum atomic E-state index is 12.9. The number of aromatic nitrogens is 2. The molecule has 5 nitrogen and oxygen atoms in total. The molecule has 21 heavy (non-hydrogen) atoms. The lowest BCUT2D eigenvalue weighted by atomic mass is 10.1. The van der Waals surface area contributed by atoms with Crippen LogP contribution in [-0.4, -0.2) is 34.8 Å². The van der Waals surface area contributed by atoms with Crippen LogP contribution in [0.3, 0.4) is 0 Å². The number of nitrogens with zero attached hydrogens (tertiary/aromatic N) is 2. The van der Waals surface area contributed by atoms with E-state index in [4.69, 9.17) is 0 Å². The number of halogens is 1. The maximum Gasteiger partial charge on any atom is 0.272 e. The van der Waals surface area contributed by atoms with Gasteiger partial charge in [0.1, 0.15) is 5.82 Å². The van der Waals surface area contributed by atoms with Gasteiger partial charge in [0.15, 0.2) is 5.69 Å². The van der Waals surface area contributed by atoms with Gasteiger partial charge in [0.25, 0.3) is 5.91 Å². The maximum absolute atomic E-state index is 12.9. The number of piperidine rings is 1. The Morgan fingerprint density at radius 3 is 2.86 bits per heavy atom. The summed E-state index contributed by atoms with van der Waals surface area (Å²) in [6.45, 7) is 1.80. The summed E-state index contributed by atoms with van der Waals surface area (Å²) in [6.07, 6.45) is 3.74. The van der Waals surface area contributed by atoms with Crippen LogP contribution < -0.4 is 10.6 Å². The molecule has 2 heterocycles. The number of rotatable bonds is 3. The molecule has 2 aromatic rings. The first-order valence-corrected chi connectivity index (χ1v) is 7.05. The largest absolute Gasteiger partial charge is 0.347 e. The van der Waals surface area contributed by atoms with Crippen LogP contribution in [-0.2, 0) is 0 Å². The Morgan fingerprint density at radius 2 is 2.14 bits per heavy atom. The summed E-state index contributed by atoms with van der Waals surface area (Å²) in [5, 5.41) is 10.5. The molecular formula is C15H17FN4O. The lowest BCUT2D eigenvalue weighted by molar-refractivity contribution is 0.0925. The van der Waals surface area contributed by atoms with Gasteiger partial charge in [0, 0.05) is 18.8 Å². The summed E-state index contributed by atoms with van der Waals surface area (Å²) in [5.74, 6) is -0.474. The van der Waals surface area contributed by atoms with Crippen molar-refractivity contribution in [1.29, 1.82) is 0 Å². The van der Waals surface area contributed by atoms with E-state index in [1.54, 1.807) is 29.1 Å². The first-order chi connectivity index (χ1) is 10.2. The lowest BCUT2D eigenvalue weighted by Crippen LogP contribution is -2.45. The van der Waals surface area contributed by atoms with E-state index in [1.165, 1.54) is 12.1 Å². The van der Waals surface area contributed by atoms with Crippen LogP contribution in [0.25, 0.3) is 5.69 Å². The van der Waals surface area contributed by atoms with E-state index in [0.717, 1.165) is 31.6 Å². The van der Waals surface area contributed by atoms with Gasteiger partial charge in [-0.05, 0) is 49.7 Å². The molecular weight excluding hydrogens is 271 g/mol. The molecule has 1 aliphatic rings. The molecule has 0 bridgehead atoms. The van der Waals surface area contributed by atoms with Crippen LogP contribution in [0.4, 0.5) is 4.39 Å². The van der Waals surface area contributed by atoms with Crippen molar-refractivity contribution in [2.75, 3.05) is 13.1 Å². The normalized spacial score (nSPS) is 18.4. The number of carbonyl (C=O) groups excluding carboxylic acids is 1. The average molecular weight is 288 g/mol. The zero-order chi connectivity index (χ0) is 14.7. The molecule has 0 spiro atoms. The van der Waals surface area contributed by atoms with E-state index < -0.39 is 0 Å². The van der Waals surface area contributed by atoms with Gasteiger partial charge in [-0.3, -0.25) is 4.79 Å². The summed E-state index contributed by atoms with van der Waals surface area (Å²) in [5.41, 5.74) is 1.08. The van der Waals surface area contributed by atoms with Gasteiger partial charge in [-0.25, -0.2) is 9.07 Å². The number of carbonyl (C=O) groups is 1. The third-order valence-corrected chi connectivity index (χ3v) is 3.54. The Labute approximate surface area is 122 Å². The summed E-state index contributed by atoms with van der Waals surface area (Å²) in [4.78, 5) is 12.1. The molecule has 0 radical (unpaired) electrons. The van der Waals surface area contributed by atoms with E-state index >= 15 is 0 Å². The topological polar surface area (TPSA) is 59.0 Å². The molecule has 2 N–H and O–H groups in total. The van der Waals surface area contributed by atoms with Crippen LogP contribution >= 0.6 is 0 Å². The molecule has 0 unspecified atom stereocenters. The van der Waals surface area contributed by atoms with Crippen molar-refractivity contribution in [2.45, 2.75) is 18.9 Å². The van der Waals surface area contributed by atoms with Gasteiger partial charge in [-0.1, -0.05) is 0 Å².